The Bertz CT molecular complexity index is 984. The third-order valence-corrected chi connectivity index (χ3v) is 4.79. The number of nitrogens with one attached hydrogen (secondary N) is 1. The predicted octanol–water partition coefficient (Wildman–Crippen LogP) is -0.867. The molecule has 4 atom stereocenters. The first-order valence-corrected chi connectivity index (χ1v) is 9.17. The molecule has 0 saturated carbocycles. The topological polar surface area (TPSA) is 162 Å². The summed E-state index contributed by atoms with van der Waals surface area (Å²) in [4.78, 5) is 28.8. The molecule has 1 fully saturated rings. The van der Waals surface area contributed by atoms with Crippen molar-refractivity contribution in [2.24, 2.45) is 0 Å². The van der Waals surface area contributed by atoms with Gasteiger partial charge in [-0.25, -0.2) is 4.79 Å². The lowest BCUT2D eigenvalue weighted by molar-refractivity contribution is -0.0549. The number of benzene rings is 1. The van der Waals surface area contributed by atoms with Crippen LogP contribution in [0.5, 0.6) is 17.2 Å². The minimum absolute atomic E-state index is 0.0493. The number of rotatable bonds is 7. The van der Waals surface area contributed by atoms with Gasteiger partial charge >= 0.3 is 5.69 Å². The van der Waals surface area contributed by atoms with Crippen molar-refractivity contribution in [3.63, 3.8) is 0 Å². The first-order chi connectivity index (χ1) is 14.8. The van der Waals surface area contributed by atoms with Crippen molar-refractivity contribution in [1.29, 1.82) is 0 Å². The molecular weight excluding hydrogens is 414 g/mol. The van der Waals surface area contributed by atoms with Crippen LogP contribution < -0.4 is 25.2 Å². The molecule has 0 aliphatic carbocycles. The fraction of sp³-hybridized carbons (Fsp3) is 0.421. The molecule has 1 amide bonds. The van der Waals surface area contributed by atoms with Crippen molar-refractivity contribution in [2.45, 2.75) is 24.5 Å². The Balaban J connectivity index is 1.82. The van der Waals surface area contributed by atoms with E-state index in [1.807, 2.05) is 0 Å². The van der Waals surface area contributed by atoms with E-state index in [1.54, 1.807) is 0 Å². The smallest absolute Gasteiger partial charge is 0.351 e. The number of hydrogen-bond acceptors (Lipinski definition) is 10. The van der Waals surface area contributed by atoms with Gasteiger partial charge in [-0.15, -0.1) is 0 Å². The average Bonchev–Trinajstić information content (AvgIpc) is 3.06. The molecule has 12 nitrogen and oxygen atoms in total. The predicted molar refractivity (Wildman–Crippen MR) is 106 cm³/mol. The van der Waals surface area contributed by atoms with Crippen LogP contribution in [0.4, 0.5) is 5.82 Å². The van der Waals surface area contributed by atoms with Crippen LogP contribution in [0.15, 0.2) is 29.2 Å². The highest BCUT2D eigenvalue weighted by Crippen LogP contribution is 2.38. The van der Waals surface area contributed by atoms with E-state index in [1.165, 1.54) is 45.7 Å². The maximum Gasteiger partial charge on any atom is 0.351 e. The largest absolute Gasteiger partial charge is 0.493 e. The molecule has 3 rings (SSSR count). The zero-order valence-electron chi connectivity index (χ0n) is 17.0. The maximum atomic E-state index is 12.6. The lowest BCUT2D eigenvalue weighted by Gasteiger charge is -2.17. The minimum atomic E-state index is -1.43. The highest BCUT2D eigenvalue weighted by Gasteiger charge is 2.43. The van der Waals surface area contributed by atoms with Gasteiger partial charge in [-0.05, 0) is 18.2 Å². The van der Waals surface area contributed by atoms with E-state index in [9.17, 15) is 24.9 Å². The summed E-state index contributed by atoms with van der Waals surface area (Å²) < 4.78 is 21.9. The van der Waals surface area contributed by atoms with Crippen LogP contribution in [0.1, 0.15) is 16.6 Å². The van der Waals surface area contributed by atoms with Crippen LogP contribution in [-0.4, -0.2) is 77.0 Å². The molecule has 1 aromatic carbocycles. The lowest BCUT2D eigenvalue weighted by atomic mass is 10.1. The number of aromatic nitrogens is 2. The SMILES string of the molecule is COc1cc(C(=O)Nc2ccn([C@@H]3O[C@H](CO)[C@H](O)[C@@H]3O)c(=O)n2)cc(OC)c1OC. The number of amides is 1. The van der Waals surface area contributed by atoms with Crippen LogP contribution in [0.3, 0.4) is 0 Å². The monoisotopic (exact) mass is 437 g/mol. The number of nitrogens with zero attached hydrogens (tertiary/aromatic N) is 2. The first kappa shape index (κ1) is 22.5. The number of carbonyl (C=O) groups excluding carboxylic acids is 1. The summed E-state index contributed by atoms with van der Waals surface area (Å²) in [6.45, 7) is -0.528. The Morgan fingerprint density at radius 3 is 2.29 bits per heavy atom. The van der Waals surface area contributed by atoms with Gasteiger partial charge in [0.15, 0.2) is 17.7 Å². The molecule has 1 aromatic heterocycles. The second-order valence-corrected chi connectivity index (χ2v) is 6.60. The summed E-state index contributed by atoms with van der Waals surface area (Å²) in [5.41, 5.74) is -0.665. The first-order valence-electron chi connectivity index (χ1n) is 9.17. The third kappa shape index (κ3) is 4.32. The summed E-state index contributed by atoms with van der Waals surface area (Å²) in [6.07, 6.45) is -3.81. The van der Waals surface area contributed by atoms with Gasteiger partial charge in [0.05, 0.1) is 27.9 Å². The number of aliphatic hydroxyl groups excluding tert-OH is 3. The summed E-state index contributed by atoms with van der Waals surface area (Å²) in [6, 6.07) is 4.21. The fourth-order valence-corrected chi connectivity index (χ4v) is 3.19. The highest BCUT2D eigenvalue weighted by atomic mass is 16.6. The maximum absolute atomic E-state index is 12.6. The lowest BCUT2D eigenvalue weighted by Crippen LogP contribution is -2.36. The molecular formula is C19H23N3O9. The molecule has 2 heterocycles. The number of methoxy groups -OCH3 is 3. The molecule has 0 bridgehead atoms. The molecule has 168 valence electrons. The molecule has 4 N–H and O–H groups in total. The van der Waals surface area contributed by atoms with E-state index in [4.69, 9.17) is 18.9 Å². The van der Waals surface area contributed by atoms with Crippen LogP contribution in [-0.2, 0) is 4.74 Å². The molecule has 0 spiro atoms. The van der Waals surface area contributed by atoms with Crippen LogP contribution in [0, 0.1) is 0 Å². The number of aliphatic hydroxyl groups is 3. The van der Waals surface area contributed by atoms with E-state index >= 15 is 0 Å². The zero-order chi connectivity index (χ0) is 22.7. The van der Waals surface area contributed by atoms with Gasteiger partial charge in [0.25, 0.3) is 5.91 Å². The fourth-order valence-electron chi connectivity index (χ4n) is 3.19. The summed E-state index contributed by atoms with van der Waals surface area (Å²) >= 11 is 0. The number of anilines is 1. The standard InChI is InChI=1S/C19H23N3O9/c1-28-10-6-9(7-11(29-2)16(10)30-3)17(26)20-13-4-5-22(19(27)21-13)18-15(25)14(24)12(8-23)31-18/h4-7,12,14-15,18,23-25H,8H2,1-3H3,(H,20,21,26,27)/t12-,14+,15+,18-/m1/s1. The number of ether oxygens (including phenoxy) is 4. The number of hydrogen-bond donors (Lipinski definition) is 4. The molecule has 1 saturated heterocycles. The van der Waals surface area contributed by atoms with Crippen LogP contribution in [0.25, 0.3) is 0 Å². The Kier molecular flexibility index (Phi) is 6.75. The molecule has 0 radical (unpaired) electrons. The van der Waals surface area contributed by atoms with E-state index in [0.717, 1.165) is 4.57 Å². The van der Waals surface area contributed by atoms with Gasteiger partial charge in [0, 0.05) is 11.8 Å². The van der Waals surface area contributed by atoms with Crippen molar-refractivity contribution >= 4 is 11.7 Å². The molecule has 12 heteroatoms. The van der Waals surface area contributed by atoms with Crippen LogP contribution >= 0.6 is 0 Å². The van der Waals surface area contributed by atoms with Gasteiger partial charge in [-0.3, -0.25) is 9.36 Å². The number of carbonyl (C=O) groups is 1. The summed E-state index contributed by atoms with van der Waals surface area (Å²) in [7, 11) is 4.27. The second-order valence-electron chi connectivity index (χ2n) is 6.60. The quantitative estimate of drug-likeness (QED) is 0.428. The Labute approximate surface area is 176 Å². The second kappa shape index (κ2) is 9.31. The average molecular weight is 437 g/mol. The third-order valence-electron chi connectivity index (χ3n) is 4.79. The van der Waals surface area contributed by atoms with E-state index < -0.39 is 42.7 Å². The Morgan fingerprint density at radius 2 is 1.81 bits per heavy atom. The summed E-state index contributed by atoms with van der Waals surface area (Å²) in [5, 5.41) is 31.6. The van der Waals surface area contributed by atoms with Gasteiger partial charge < -0.3 is 39.6 Å². The molecule has 2 aromatic rings. The van der Waals surface area contributed by atoms with Gasteiger partial charge in [-0.1, -0.05) is 0 Å². The Hall–Kier alpha value is -3.19. The molecule has 31 heavy (non-hydrogen) atoms. The van der Waals surface area contributed by atoms with Crippen molar-refractivity contribution in [2.75, 3.05) is 33.3 Å². The van der Waals surface area contributed by atoms with E-state index in [0.29, 0.717) is 5.75 Å². The van der Waals surface area contributed by atoms with Gasteiger partial charge in [0.1, 0.15) is 24.1 Å². The molecule has 1 aliphatic heterocycles. The molecule has 0 unspecified atom stereocenters. The molecule has 1 aliphatic rings. The zero-order valence-corrected chi connectivity index (χ0v) is 17.0. The van der Waals surface area contributed by atoms with Gasteiger partial charge in [0.2, 0.25) is 5.75 Å². The van der Waals surface area contributed by atoms with E-state index in [2.05, 4.69) is 10.3 Å². The minimum Gasteiger partial charge on any atom is -0.493 e. The van der Waals surface area contributed by atoms with Gasteiger partial charge in [-0.2, -0.15) is 4.98 Å². The normalized spacial score (nSPS) is 22.8. The van der Waals surface area contributed by atoms with E-state index in [-0.39, 0.29) is 22.9 Å². The van der Waals surface area contributed by atoms with Crippen LogP contribution in [0.2, 0.25) is 0 Å². The van der Waals surface area contributed by atoms with Crippen molar-refractivity contribution in [3.05, 3.63) is 40.4 Å². The van der Waals surface area contributed by atoms with Crippen molar-refractivity contribution < 1.29 is 39.1 Å². The van der Waals surface area contributed by atoms with Crippen molar-refractivity contribution in [1.82, 2.24) is 9.55 Å². The highest BCUT2D eigenvalue weighted by molar-refractivity contribution is 6.04. The Morgan fingerprint density at radius 1 is 1.16 bits per heavy atom. The summed E-state index contributed by atoms with van der Waals surface area (Å²) in [5.74, 6) is 0.240. The van der Waals surface area contributed by atoms with Crippen molar-refractivity contribution in [3.8, 4) is 17.2 Å².